The minimum absolute atomic E-state index is 0.0105. The summed E-state index contributed by atoms with van der Waals surface area (Å²) >= 11 is 0. The number of hydrogen-bond acceptors (Lipinski definition) is 3. The fourth-order valence-electron chi connectivity index (χ4n) is 1.68. The molecule has 6 heteroatoms. The molecule has 0 aliphatic rings. The second-order valence-corrected chi connectivity index (χ2v) is 3.76. The number of carboxylic acid groups (broad SMARTS) is 1. The Morgan fingerprint density at radius 1 is 1.37 bits per heavy atom. The van der Waals surface area contributed by atoms with Gasteiger partial charge in [-0.3, -0.25) is 4.79 Å². The lowest BCUT2D eigenvalue weighted by molar-refractivity contribution is 0.0696. The van der Waals surface area contributed by atoms with Crippen LogP contribution in [0.15, 0.2) is 35.3 Å². The summed E-state index contributed by atoms with van der Waals surface area (Å²) in [5.74, 6) is -1.93. The number of methoxy groups -OCH3 is 1. The number of pyridine rings is 1. The lowest BCUT2D eigenvalue weighted by Crippen LogP contribution is -2.12. The molecule has 0 atom stereocenters. The predicted octanol–water partition coefficient (Wildman–Crippen LogP) is 1.89. The van der Waals surface area contributed by atoms with E-state index in [-0.39, 0.29) is 22.4 Å². The largest absolute Gasteiger partial charge is 0.494 e. The van der Waals surface area contributed by atoms with Gasteiger partial charge in [0.25, 0.3) is 5.56 Å². The summed E-state index contributed by atoms with van der Waals surface area (Å²) in [7, 11) is 1.31. The molecular weight excluding hydrogens is 253 g/mol. The van der Waals surface area contributed by atoms with Crippen molar-refractivity contribution in [2.75, 3.05) is 7.11 Å². The van der Waals surface area contributed by atoms with E-state index in [9.17, 15) is 14.0 Å². The van der Waals surface area contributed by atoms with Crippen LogP contribution in [0, 0.1) is 5.82 Å². The van der Waals surface area contributed by atoms with Gasteiger partial charge in [-0.1, -0.05) is 12.1 Å². The third kappa shape index (κ3) is 2.33. The van der Waals surface area contributed by atoms with Crippen molar-refractivity contribution in [3.8, 4) is 16.9 Å². The number of benzene rings is 1. The van der Waals surface area contributed by atoms with Crippen molar-refractivity contribution in [1.29, 1.82) is 0 Å². The Morgan fingerprint density at radius 2 is 2.11 bits per heavy atom. The molecule has 2 N–H and O–H groups in total. The van der Waals surface area contributed by atoms with E-state index in [4.69, 9.17) is 9.84 Å². The Labute approximate surface area is 107 Å². The number of hydrogen-bond donors (Lipinski definition) is 2. The molecule has 0 saturated carbocycles. The van der Waals surface area contributed by atoms with Gasteiger partial charge in [0.05, 0.1) is 18.2 Å². The SMILES string of the molecule is COc1cccc(-c2cc(C(=O)O)c[nH]c2=O)c1F. The van der Waals surface area contributed by atoms with Crippen LogP contribution in [0.3, 0.4) is 0 Å². The van der Waals surface area contributed by atoms with Crippen molar-refractivity contribution < 1.29 is 19.0 Å². The fourth-order valence-corrected chi connectivity index (χ4v) is 1.68. The van der Waals surface area contributed by atoms with E-state index in [1.54, 1.807) is 0 Å². The van der Waals surface area contributed by atoms with E-state index in [0.717, 1.165) is 12.3 Å². The molecule has 5 nitrogen and oxygen atoms in total. The maximum atomic E-state index is 14.0. The number of halogens is 1. The molecule has 0 saturated heterocycles. The van der Waals surface area contributed by atoms with Gasteiger partial charge in [-0.2, -0.15) is 0 Å². The van der Waals surface area contributed by atoms with Gasteiger partial charge in [-0.15, -0.1) is 0 Å². The van der Waals surface area contributed by atoms with Gasteiger partial charge in [-0.05, 0) is 12.1 Å². The van der Waals surface area contributed by atoms with Crippen molar-refractivity contribution >= 4 is 5.97 Å². The molecule has 2 rings (SSSR count). The maximum Gasteiger partial charge on any atom is 0.337 e. The van der Waals surface area contributed by atoms with E-state index in [1.165, 1.54) is 25.3 Å². The highest BCUT2D eigenvalue weighted by Gasteiger charge is 2.15. The summed E-state index contributed by atoms with van der Waals surface area (Å²) in [5.41, 5.74) is -0.769. The first-order valence-electron chi connectivity index (χ1n) is 5.33. The quantitative estimate of drug-likeness (QED) is 0.886. The first kappa shape index (κ1) is 12.8. The van der Waals surface area contributed by atoms with Gasteiger partial charge < -0.3 is 14.8 Å². The summed E-state index contributed by atoms with van der Waals surface area (Å²) < 4.78 is 18.9. The van der Waals surface area contributed by atoms with Gasteiger partial charge in [0.15, 0.2) is 11.6 Å². The molecule has 98 valence electrons. The highest BCUT2D eigenvalue weighted by atomic mass is 19.1. The number of aromatic carboxylic acids is 1. The third-order valence-corrected chi connectivity index (χ3v) is 2.62. The summed E-state index contributed by atoms with van der Waals surface area (Å²) in [4.78, 5) is 24.8. The first-order valence-corrected chi connectivity index (χ1v) is 5.33. The van der Waals surface area contributed by atoms with Crippen molar-refractivity contribution in [1.82, 2.24) is 4.98 Å². The smallest absolute Gasteiger partial charge is 0.337 e. The predicted molar refractivity (Wildman–Crippen MR) is 66.0 cm³/mol. The molecule has 0 amide bonds. The summed E-state index contributed by atoms with van der Waals surface area (Å²) in [6, 6.07) is 5.44. The van der Waals surface area contributed by atoms with E-state index in [1.807, 2.05) is 0 Å². The number of aromatic amines is 1. The average molecular weight is 263 g/mol. The highest BCUT2D eigenvalue weighted by molar-refractivity contribution is 5.88. The zero-order valence-corrected chi connectivity index (χ0v) is 9.94. The standard InChI is InChI=1S/C13H10FNO4/c1-19-10-4-2-3-8(11(10)14)9-5-7(13(17)18)6-15-12(9)16/h2-6H,1H3,(H,15,16)(H,17,18). The molecule has 1 aromatic heterocycles. The molecule has 0 aliphatic heterocycles. The van der Waals surface area contributed by atoms with Crippen LogP contribution in [0.4, 0.5) is 4.39 Å². The minimum Gasteiger partial charge on any atom is -0.494 e. The second kappa shape index (κ2) is 4.93. The van der Waals surface area contributed by atoms with E-state index in [0.29, 0.717) is 0 Å². The normalized spacial score (nSPS) is 10.2. The second-order valence-electron chi connectivity index (χ2n) is 3.76. The highest BCUT2D eigenvalue weighted by Crippen LogP contribution is 2.27. The van der Waals surface area contributed by atoms with Crippen LogP contribution in [0.25, 0.3) is 11.1 Å². The average Bonchev–Trinajstić information content (AvgIpc) is 2.39. The van der Waals surface area contributed by atoms with Crippen LogP contribution in [0.1, 0.15) is 10.4 Å². The lowest BCUT2D eigenvalue weighted by atomic mass is 10.0. The van der Waals surface area contributed by atoms with Crippen molar-refractivity contribution in [2.24, 2.45) is 0 Å². The van der Waals surface area contributed by atoms with E-state index in [2.05, 4.69) is 4.98 Å². The monoisotopic (exact) mass is 263 g/mol. The fraction of sp³-hybridized carbons (Fsp3) is 0.0769. The topological polar surface area (TPSA) is 79.4 Å². The zero-order valence-electron chi connectivity index (χ0n) is 9.94. The molecule has 0 unspecified atom stereocenters. The van der Waals surface area contributed by atoms with Gasteiger partial charge >= 0.3 is 5.97 Å². The molecule has 1 aromatic carbocycles. The Morgan fingerprint density at radius 3 is 2.74 bits per heavy atom. The molecule has 0 aliphatic carbocycles. The van der Waals surface area contributed by atoms with Crippen LogP contribution < -0.4 is 10.3 Å². The zero-order chi connectivity index (χ0) is 14.0. The molecule has 19 heavy (non-hydrogen) atoms. The van der Waals surface area contributed by atoms with E-state index < -0.39 is 17.3 Å². The molecule has 1 heterocycles. The number of aromatic nitrogens is 1. The lowest BCUT2D eigenvalue weighted by Gasteiger charge is -2.07. The van der Waals surface area contributed by atoms with Crippen molar-refractivity contribution in [3.63, 3.8) is 0 Å². The van der Waals surface area contributed by atoms with Gasteiger partial charge in [0.1, 0.15) is 0 Å². The number of carbonyl (C=O) groups is 1. The Hall–Kier alpha value is -2.63. The molecule has 0 spiro atoms. The number of carboxylic acids is 1. The number of ether oxygens (including phenoxy) is 1. The molecule has 2 aromatic rings. The molecule has 0 bridgehead atoms. The number of H-pyrrole nitrogens is 1. The van der Waals surface area contributed by atoms with Gasteiger partial charge in [-0.25, -0.2) is 9.18 Å². The number of rotatable bonds is 3. The van der Waals surface area contributed by atoms with Crippen LogP contribution in [-0.4, -0.2) is 23.2 Å². The van der Waals surface area contributed by atoms with Crippen LogP contribution >= 0.6 is 0 Å². The molecule has 0 radical (unpaired) electrons. The van der Waals surface area contributed by atoms with E-state index >= 15 is 0 Å². The minimum atomic E-state index is -1.21. The third-order valence-electron chi connectivity index (χ3n) is 2.62. The van der Waals surface area contributed by atoms with Crippen molar-refractivity contribution in [2.45, 2.75) is 0 Å². The molecule has 0 fully saturated rings. The van der Waals surface area contributed by atoms with Crippen LogP contribution in [0.5, 0.6) is 5.75 Å². The van der Waals surface area contributed by atoms with Crippen LogP contribution in [0.2, 0.25) is 0 Å². The Kier molecular flexibility index (Phi) is 3.33. The summed E-state index contributed by atoms with van der Waals surface area (Å²) in [6.45, 7) is 0. The summed E-state index contributed by atoms with van der Waals surface area (Å²) in [5, 5.41) is 8.88. The Bertz CT molecular complexity index is 693. The number of nitrogens with one attached hydrogen (secondary N) is 1. The molecular formula is C13H10FNO4. The Balaban J connectivity index is 2.68. The van der Waals surface area contributed by atoms with Gasteiger partial charge in [0.2, 0.25) is 0 Å². The summed E-state index contributed by atoms with van der Waals surface area (Å²) in [6.07, 6.45) is 1.06. The first-order chi connectivity index (χ1) is 9.04. The van der Waals surface area contributed by atoms with Gasteiger partial charge in [0, 0.05) is 11.8 Å². The van der Waals surface area contributed by atoms with Crippen LogP contribution in [-0.2, 0) is 0 Å². The maximum absolute atomic E-state index is 14.0. The van der Waals surface area contributed by atoms with Crippen molar-refractivity contribution in [3.05, 3.63) is 52.2 Å².